The summed E-state index contributed by atoms with van der Waals surface area (Å²) in [5.74, 6) is 1.01. The Hall–Kier alpha value is -1.31. The molecule has 2 heteroatoms. The first-order chi connectivity index (χ1) is 5.47. The smallest absolute Gasteiger partial charge is 0.129 e. The number of rotatable bonds is 1. The summed E-state index contributed by atoms with van der Waals surface area (Å²) in [6.07, 6.45) is 6.07. The molecule has 2 heterocycles. The van der Waals surface area contributed by atoms with Crippen LogP contribution in [0.2, 0.25) is 0 Å². The second-order valence-electron chi connectivity index (χ2n) is 2.49. The Kier molecular flexibility index (Phi) is 1.60. The molecule has 0 atom stereocenters. The van der Waals surface area contributed by atoms with Gasteiger partial charge >= 0.3 is 0 Å². The molecule has 0 saturated carbocycles. The highest BCUT2D eigenvalue weighted by molar-refractivity contribution is 5.41. The Morgan fingerprint density at radius 3 is 2.82 bits per heavy atom. The third-order valence-corrected chi connectivity index (χ3v) is 1.73. The van der Waals surface area contributed by atoms with Crippen molar-refractivity contribution in [1.82, 2.24) is 4.98 Å². The first-order valence-electron chi connectivity index (χ1n) is 3.69. The summed E-state index contributed by atoms with van der Waals surface area (Å²) >= 11 is 0. The minimum absolute atomic E-state index is 0.977. The maximum absolute atomic E-state index is 4.22. The largest absolute Gasteiger partial charge is 0.349 e. The summed E-state index contributed by atoms with van der Waals surface area (Å²) in [6.45, 7) is 1.95. The molecular formula is C9H9N2. The van der Waals surface area contributed by atoms with Crippen LogP contribution in [0.4, 0.5) is 5.82 Å². The van der Waals surface area contributed by atoms with Crippen LogP contribution in [0, 0.1) is 6.07 Å². The summed E-state index contributed by atoms with van der Waals surface area (Å²) in [4.78, 5) is 6.41. The van der Waals surface area contributed by atoms with E-state index < -0.39 is 0 Å². The summed E-state index contributed by atoms with van der Waals surface area (Å²) in [6, 6.07) is 6.73. The molecule has 55 valence electrons. The standard InChI is InChI=1S/C9H9N2/c1-2-6-10-9(5-1)11-7-3-4-8-11/h2-6H,7-8H2. The van der Waals surface area contributed by atoms with Crippen LogP contribution in [0.25, 0.3) is 0 Å². The second-order valence-corrected chi connectivity index (χ2v) is 2.49. The van der Waals surface area contributed by atoms with Gasteiger partial charge in [-0.3, -0.25) is 0 Å². The fourth-order valence-electron chi connectivity index (χ4n) is 1.15. The Morgan fingerprint density at radius 2 is 2.18 bits per heavy atom. The zero-order chi connectivity index (χ0) is 7.52. The number of hydrogen-bond acceptors (Lipinski definition) is 2. The molecule has 0 saturated heterocycles. The topological polar surface area (TPSA) is 16.1 Å². The van der Waals surface area contributed by atoms with Crippen LogP contribution in [0.1, 0.15) is 0 Å². The van der Waals surface area contributed by atoms with Crippen molar-refractivity contribution in [2.45, 2.75) is 0 Å². The number of hydrogen-bond donors (Lipinski definition) is 0. The third-order valence-electron chi connectivity index (χ3n) is 1.73. The Labute approximate surface area is 66.2 Å². The van der Waals surface area contributed by atoms with Crippen LogP contribution in [0.3, 0.4) is 0 Å². The average molecular weight is 145 g/mol. The monoisotopic (exact) mass is 145 g/mol. The van der Waals surface area contributed by atoms with Crippen LogP contribution in [-0.2, 0) is 0 Å². The molecule has 0 amide bonds. The van der Waals surface area contributed by atoms with Gasteiger partial charge in [-0.2, -0.15) is 0 Å². The normalized spacial score (nSPS) is 15.8. The second kappa shape index (κ2) is 2.74. The SMILES string of the molecule is [c]1ccnc(N2CC=CC2)c1. The fourth-order valence-corrected chi connectivity index (χ4v) is 1.15. The van der Waals surface area contributed by atoms with Gasteiger partial charge in [0.05, 0.1) is 0 Å². The molecule has 2 rings (SSSR count). The van der Waals surface area contributed by atoms with Crippen molar-refractivity contribution in [3.05, 3.63) is 36.5 Å². The molecule has 0 aromatic carbocycles. The van der Waals surface area contributed by atoms with Gasteiger partial charge < -0.3 is 4.90 Å². The van der Waals surface area contributed by atoms with Crippen LogP contribution in [0.15, 0.2) is 30.5 Å². The molecule has 1 aliphatic heterocycles. The highest BCUT2D eigenvalue weighted by Gasteiger charge is 2.06. The molecule has 2 nitrogen and oxygen atoms in total. The molecule has 1 radical (unpaired) electrons. The van der Waals surface area contributed by atoms with E-state index in [-0.39, 0.29) is 0 Å². The quantitative estimate of drug-likeness (QED) is 0.553. The van der Waals surface area contributed by atoms with Crippen molar-refractivity contribution in [2.24, 2.45) is 0 Å². The van der Waals surface area contributed by atoms with Gasteiger partial charge in [-0.25, -0.2) is 4.98 Å². The Bertz CT molecular complexity index is 246. The van der Waals surface area contributed by atoms with Crippen molar-refractivity contribution < 1.29 is 0 Å². The van der Waals surface area contributed by atoms with E-state index in [1.165, 1.54) is 0 Å². The molecule has 0 bridgehead atoms. The van der Waals surface area contributed by atoms with Crippen molar-refractivity contribution in [3.8, 4) is 0 Å². The van der Waals surface area contributed by atoms with Crippen LogP contribution in [0.5, 0.6) is 0 Å². The van der Waals surface area contributed by atoms with Gasteiger partial charge in [0.25, 0.3) is 0 Å². The van der Waals surface area contributed by atoms with Gasteiger partial charge in [-0.1, -0.05) is 12.2 Å². The van der Waals surface area contributed by atoms with E-state index in [9.17, 15) is 0 Å². The maximum atomic E-state index is 4.22. The minimum Gasteiger partial charge on any atom is -0.349 e. The summed E-state index contributed by atoms with van der Waals surface area (Å²) in [5, 5.41) is 0. The van der Waals surface area contributed by atoms with Crippen molar-refractivity contribution in [1.29, 1.82) is 0 Å². The van der Waals surface area contributed by atoms with Crippen molar-refractivity contribution in [3.63, 3.8) is 0 Å². The zero-order valence-electron chi connectivity index (χ0n) is 6.20. The van der Waals surface area contributed by atoms with Crippen molar-refractivity contribution >= 4 is 5.82 Å². The molecule has 0 spiro atoms. The summed E-state index contributed by atoms with van der Waals surface area (Å²) in [5.41, 5.74) is 0. The van der Waals surface area contributed by atoms with Gasteiger partial charge in [0.15, 0.2) is 0 Å². The molecule has 11 heavy (non-hydrogen) atoms. The van der Waals surface area contributed by atoms with Gasteiger partial charge in [-0.05, 0) is 18.2 Å². The molecular weight excluding hydrogens is 136 g/mol. The van der Waals surface area contributed by atoms with Crippen LogP contribution < -0.4 is 4.90 Å². The van der Waals surface area contributed by atoms with Gasteiger partial charge in [0.1, 0.15) is 5.82 Å². The lowest BCUT2D eigenvalue weighted by Crippen LogP contribution is -2.19. The predicted molar refractivity (Wildman–Crippen MR) is 44.4 cm³/mol. The zero-order valence-corrected chi connectivity index (χ0v) is 6.20. The minimum atomic E-state index is 0.977. The molecule has 1 aliphatic rings. The summed E-state index contributed by atoms with van der Waals surface area (Å²) < 4.78 is 0. The van der Waals surface area contributed by atoms with E-state index in [1.807, 2.05) is 12.1 Å². The fraction of sp³-hybridized carbons (Fsp3) is 0.222. The number of nitrogens with zero attached hydrogens (tertiary/aromatic N) is 2. The van der Waals surface area contributed by atoms with Gasteiger partial charge in [0, 0.05) is 19.3 Å². The van der Waals surface area contributed by atoms with E-state index in [0.717, 1.165) is 18.9 Å². The number of aromatic nitrogens is 1. The van der Waals surface area contributed by atoms with Gasteiger partial charge in [-0.15, -0.1) is 0 Å². The summed E-state index contributed by atoms with van der Waals surface area (Å²) in [7, 11) is 0. The van der Waals surface area contributed by atoms with E-state index in [0.29, 0.717) is 0 Å². The lowest BCUT2D eigenvalue weighted by atomic mass is 10.4. The van der Waals surface area contributed by atoms with E-state index in [2.05, 4.69) is 28.1 Å². The first kappa shape index (κ1) is 6.40. The van der Waals surface area contributed by atoms with E-state index >= 15 is 0 Å². The number of pyridine rings is 1. The highest BCUT2D eigenvalue weighted by atomic mass is 15.2. The lowest BCUT2D eigenvalue weighted by molar-refractivity contribution is 0.969. The number of anilines is 1. The molecule has 0 unspecified atom stereocenters. The first-order valence-corrected chi connectivity index (χ1v) is 3.69. The van der Waals surface area contributed by atoms with Crippen molar-refractivity contribution in [2.75, 3.05) is 18.0 Å². The highest BCUT2D eigenvalue weighted by Crippen LogP contribution is 2.11. The van der Waals surface area contributed by atoms with E-state index in [4.69, 9.17) is 0 Å². The average Bonchev–Trinajstić information content (AvgIpc) is 2.58. The Balaban J connectivity index is 2.17. The molecule has 0 N–H and O–H groups in total. The third kappa shape index (κ3) is 1.24. The predicted octanol–water partition coefficient (Wildman–Crippen LogP) is 1.26. The van der Waals surface area contributed by atoms with Crippen LogP contribution >= 0.6 is 0 Å². The molecule has 1 aromatic heterocycles. The van der Waals surface area contributed by atoms with Gasteiger partial charge in [0.2, 0.25) is 0 Å². The molecule has 0 aliphatic carbocycles. The lowest BCUT2D eigenvalue weighted by Gasteiger charge is -2.14. The molecule has 1 aromatic rings. The van der Waals surface area contributed by atoms with Crippen LogP contribution in [-0.4, -0.2) is 18.1 Å². The Morgan fingerprint density at radius 1 is 1.36 bits per heavy atom. The molecule has 0 fully saturated rings. The van der Waals surface area contributed by atoms with E-state index in [1.54, 1.807) is 6.20 Å². The maximum Gasteiger partial charge on any atom is 0.129 e.